The van der Waals surface area contributed by atoms with Crippen LogP contribution in [0.15, 0.2) is 48.5 Å². The van der Waals surface area contributed by atoms with E-state index in [0.29, 0.717) is 11.1 Å². The molecule has 2 N–H and O–H groups in total. The first-order valence-electron chi connectivity index (χ1n) is 6.79. The first-order chi connectivity index (χ1) is 10.6. The van der Waals surface area contributed by atoms with Crippen molar-refractivity contribution in [2.75, 3.05) is 0 Å². The number of ether oxygens (including phenoxy) is 1. The summed E-state index contributed by atoms with van der Waals surface area (Å²) in [6.45, 7) is 0.238. The van der Waals surface area contributed by atoms with E-state index in [1.54, 1.807) is 42.5 Å². The molecule has 0 radical (unpaired) electrons. The van der Waals surface area contributed by atoms with Crippen molar-refractivity contribution in [2.45, 2.75) is 6.61 Å². The summed E-state index contributed by atoms with van der Waals surface area (Å²) in [5.41, 5.74) is 1.92. The van der Waals surface area contributed by atoms with E-state index < -0.39 is 5.97 Å². The summed E-state index contributed by atoms with van der Waals surface area (Å²) in [7, 11) is 1.86. The summed E-state index contributed by atoms with van der Waals surface area (Å²) in [4.78, 5) is 11.3. The second-order valence-electron chi connectivity index (χ2n) is 4.99. The fraction of sp³-hybridized carbons (Fsp3) is 0.118. The Hall–Kier alpha value is -2.95. The van der Waals surface area contributed by atoms with E-state index in [1.165, 1.54) is 0 Å². The fourth-order valence-corrected chi connectivity index (χ4v) is 2.47. The molecule has 112 valence electrons. The molecule has 5 heteroatoms. The molecule has 0 unspecified atom stereocenters. The number of carboxylic acid groups (broad SMARTS) is 1. The van der Waals surface area contributed by atoms with Crippen LogP contribution < -0.4 is 4.74 Å². The number of hydrogen-bond acceptors (Lipinski definition) is 3. The number of phenols is 1. The number of hydrogen-bond donors (Lipinski definition) is 2. The second kappa shape index (κ2) is 5.44. The van der Waals surface area contributed by atoms with E-state index >= 15 is 0 Å². The van der Waals surface area contributed by atoms with Gasteiger partial charge in [0, 0.05) is 18.0 Å². The zero-order valence-electron chi connectivity index (χ0n) is 12.0. The summed E-state index contributed by atoms with van der Waals surface area (Å²) >= 11 is 0. The maximum Gasteiger partial charge on any atom is 0.336 e. The minimum atomic E-state index is -0.954. The predicted molar refractivity (Wildman–Crippen MR) is 82.3 cm³/mol. The lowest BCUT2D eigenvalue weighted by Gasteiger charge is -2.08. The van der Waals surface area contributed by atoms with Gasteiger partial charge in [-0.25, -0.2) is 4.79 Å². The minimum Gasteiger partial charge on any atom is -0.504 e. The molecule has 2 aromatic carbocycles. The molecule has 0 bridgehead atoms. The van der Waals surface area contributed by atoms with Crippen molar-refractivity contribution < 1.29 is 19.7 Å². The van der Waals surface area contributed by atoms with Gasteiger partial charge in [-0.2, -0.15) is 0 Å². The number of aromatic hydroxyl groups is 1. The monoisotopic (exact) mass is 297 g/mol. The molecule has 1 heterocycles. The quantitative estimate of drug-likeness (QED) is 0.776. The molecule has 0 amide bonds. The largest absolute Gasteiger partial charge is 0.504 e. The summed E-state index contributed by atoms with van der Waals surface area (Å²) in [6.07, 6.45) is 0. The van der Waals surface area contributed by atoms with Gasteiger partial charge >= 0.3 is 5.97 Å². The van der Waals surface area contributed by atoms with Crippen LogP contribution in [0.1, 0.15) is 16.1 Å². The topological polar surface area (TPSA) is 71.7 Å². The van der Waals surface area contributed by atoms with E-state index in [0.717, 1.165) is 11.2 Å². The molecular weight excluding hydrogens is 282 g/mol. The van der Waals surface area contributed by atoms with Crippen molar-refractivity contribution in [1.29, 1.82) is 0 Å². The van der Waals surface area contributed by atoms with Gasteiger partial charge in [-0.05, 0) is 30.3 Å². The summed E-state index contributed by atoms with van der Waals surface area (Å²) < 4.78 is 7.51. The van der Waals surface area contributed by atoms with E-state index in [9.17, 15) is 15.0 Å². The summed E-state index contributed by atoms with van der Waals surface area (Å²) in [6, 6.07) is 13.7. The molecule has 1 aromatic heterocycles. The molecule has 0 saturated heterocycles. The molecule has 5 nitrogen and oxygen atoms in total. The zero-order chi connectivity index (χ0) is 15.7. The Morgan fingerprint density at radius 1 is 1.18 bits per heavy atom. The summed E-state index contributed by atoms with van der Waals surface area (Å²) in [5, 5.41) is 19.6. The number of rotatable bonds is 4. The number of carbonyl (C=O) groups is 1. The first-order valence-corrected chi connectivity index (χ1v) is 6.79. The van der Waals surface area contributed by atoms with Crippen LogP contribution in [-0.4, -0.2) is 20.7 Å². The highest BCUT2D eigenvalue weighted by molar-refractivity contribution is 6.03. The Labute approximate surface area is 127 Å². The Morgan fingerprint density at radius 3 is 2.68 bits per heavy atom. The van der Waals surface area contributed by atoms with Gasteiger partial charge in [-0.1, -0.05) is 18.2 Å². The molecule has 0 aliphatic heterocycles. The average molecular weight is 297 g/mol. The van der Waals surface area contributed by atoms with Crippen molar-refractivity contribution in [3.8, 4) is 11.5 Å². The van der Waals surface area contributed by atoms with Crippen LogP contribution in [0.2, 0.25) is 0 Å². The van der Waals surface area contributed by atoms with E-state index in [1.807, 2.05) is 17.7 Å². The standard InChI is InChI=1S/C17H15NO4/c1-18-11(10-22-16-8-3-2-7-15(16)19)9-13-12(17(20)21)5-4-6-14(13)18/h2-9,19H,10H2,1H3,(H,20,21). The average Bonchev–Trinajstić information content (AvgIpc) is 2.83. The molecule has 3 aromatic rings. The SMILES string of the molecule is Cn1c(COc2ccccc2O)cc2c(C(=O)O)cccc21. The van der Waals surface area contributed by atoms with Crippen LogP contribution in [0.25, 0.3) is 10.9 Å². The molecular formula is C17H15NO4. The molecule has 0 aliphatic rings. The van der Waals surface area contributed by atoms with Crippen molar-refractivity contribution >= 4 is 16.9 Å². The Kier molecular flexibility index (Phi) is 3.47. The van der Waals surface area contributed by atoms with Crippen molar-refractivity contribution in [3.05, 3.63) is 59.8 Å². The Balaban J connectivity index is 1.95. The van der Waals surface area contributed by atoms with Crippen LogP contribution >= 0.6 is 0 Å². The molecule has 0 saturated carbocycles. The highest BCUT2D eigenvalue weighted by atomic mass is 16.5. The third kappa shape index (κ3) is 2.37. The summed E-state index contributed by atoms with van der Waals surface area (Å²) in [5.74, 6) is -0.483. The normalized spacial score (nSPS) is 10.8. The van der Waals surface area contributed by atoms with Gasteiger partial charge in [-0.3, -0.25) is 0 Å². The molecule has 0 fully saturated rings. The maximum atomic E-state index is 11.3. The van der Waals surface area contributed by atoms with Crippen molar-refractivity contribution in [1.82, 2.24) is 4.57 Å². The fourth-order valence-electron chi connectivity index (χ4n) is 2.47. The second-order valence-corrected chi connectivity index (χ2v) is 4.99. The minimum absolute atomic E-state index is 0.0764. The van der Waals surface area contributed by atoms with Gasteiger partial charge in [-0.15, -0.1) is 0 Å². The number of benzene rings is 2. The van der Waals surface area contributed by atoms with Gasteiger partial charge in [0.15, 0.2) is 11.5 Å². The first kappa shape index (κ1) is 14.0. The van der Waals surface area contributed by atoms with Crippen LogP contribution in [0.3, 0.4) is 0 Å². The zero-order valence-corrected chi connectivity index (χ0v) is 12.0. The lowest BCUT2D eigenvalue weighted by Crippen LogP contribution is -2.01. The number of fused-ring (bicyclic) bond motifs is 1. The van der Waals surface area contributed by atoms with Crippen molar-refractivity contribution in [2.24, 2.45) is 7.05 Å². The molecule has 3 rings (SSSR count). The number of carboxylic acids is 1. The van der Waals surface area contributed by atoms with E-state index in [4.69, 9.17) is 4.74 Å². The highest BCUT2D eigenvalue weighted by Crippen LogP contribution is 2.27. The third-order valence-corrected chi connectivity index (χ3v) is 3.66. The van der Waals surface area contributed by atoms with Gasteiger partial charge in [0.05, 0.1) is 11.3 Å². The van der Waals surface area contributed by atoms with Crippen LogP contribution in [0.5, 0.6) is 11.5 Å². The van der Waals surface area contributed by atoms with Gasteiger partial charge in [0.25, 0.3) is 0 Å². The Morgan fingerprint density at radius 2 is 1.95 bits per heavy atom. The predicted octanol–water partition coefficient (Wildman–Crippen LogP) is 3.16. The van der Waals surface area contributed by atoms with Crippen molar-refractivity contribution in [3.63, 3.8) is 0 Å². The van der Waals surface area contributed by atoms with Crippen LogP contribution in [-0.2, 0) is 13.7 Å². The van der Waals surface area contributed by atoms with Gasteiger partial charge in [0.2, 0.25) is 0 Å². The maximum absolute atomic E-state index is 11.3. The number of aromatic nitrogens is 1. The number of phenolic OH excluding ortho intramolecular Hbond substituents is 1. The van der Waals surface area contributed by atoms with E-state index in [2.05, 4.69) is 0 Å². The molecule has 0 atom stereocenters. The van der Waals surface area contributed by atoms with Gasteiger partial charge < -0.3 is 19.5 Å². The van der Waals surface area contributed by atoms with E-state index in [-0.39, 0.29) is 17.9 Å². The molecule has 0 aliphatic carbocycles. The van der Waals surface area contributed by atoms with Gasteiger partial charge in [0.1, 0.15) is 6.61 Å². The number of aryl methyl sites for hydroxylation is 1. The third-order valence-electron chi connectivity index (χ3n) is 3.66. The highest BCUT2D eigenvalue weighted by Gasteiger charge is 2.14. The molecule has 22 heavy (non-hydrogen) atoms. The molecule has 0 spiro atoms. The Bertz CT molecular complexity index is 851. The number of para-hydroxylation sites is 2. The van der Waals surface area contributed by atoms with Crippen LogP contribution in [0, 0.1) is 0 Å². The number of aromatic carboxylic acids is 1. The smallest absolute Gasteiger partial charge is 0.336 e. The number of nitrogens with zero attached hydrogens (tertiary/aromatic N) is 1. The van der Waals surface area contributed by atoms with Crippen LogP contribution in [0.4, 0.5) is 0 Å². The lowest BCUT2D eigenvalue weighted by molar-refractivity contribution is 0.0699. The lowest BCUT2D eigenvalue weighted by atomic mass is 10.1.